The summed E-state index contributed by atoms with van der Waals surface area (Å²) in [6.45, 7) is 0. The molecule has 0 saturated heterocycles. The largest absolute Gasteiger partial charge is 0.356 e. The first-order valence-corrected chi connectivity index (χ1v) is 5.39. The van der Waals surface area contributed by atoms with Crippen LogP contribution >= 0.6 is 0 Å². The molecule has 0 bridgehead atoms. The molecule has 1 heterocycles. The Kier molecular flexibility index (Phi) is 2.41. The lowest BCUT2D eigenvalue weighted by Gasteiger charge is -2.00. The van der Waals surface area contributed by atoms with Crippen LogP contribution in [0.15, 0.2) is 47.0 Å². The van der Waals surface area contributed by atoms with E-state index in [9.17, 15) is 9.18 Å². The van der Waals surface area contributed by atoms with Crippen molar-refractivity contribution in [3.8, 4) is 11.3 Å². The summed E-state index contributed by atoms with van der Waals surface area (Å²) < 4.78 is 19.0. The van der Waals surface area contributed by atoms with Gasteiger partial charge in [0.25, 0.3) is 0 Å². The fourth-order valence-electron chi connectivity index (χ4n) is 1.88. The van der Waals surface area contributed by atoms with Crippen LogP contribution in [-0.2, 0) is 0 Å². The number of rotatable bonds is 2. The van der Waals surface area contributed by atoms with Crippen LogP contribution in [0, 0.1) is 5.82 Å². The quantitative estimate of drug-likeness (QED) is 0.645. The molecule has 4 heteroatoms. The van der Waals surface area contributed by atoms with Crippen molar-refractivity contribution in [1.82, 2.24) is 5.16 Å². The highest BCUT2D eigenvalue weighted by Gasteiger charge is 2.13. The standard InChI is InChI=1S/C14H8FNO2/c15-12-7-9(8-17)5-6-10(12)14-11-3-1-2-4-13(11)18-16-14/h1-8H. The lowest BCUT2D eigenvalue weighted by molar-refractivity contribution is 0.112. The fourth-order valence-corrected chi connectivity index (χ4v) is 1.88. The molecule has 0 fully saturated rings. The first-order valence-electron chi connectivity index (χ1n) is 5.39. The van der Waals surface area contributed by atoms with Gasteiger partial charge in [-0.3, -0.25) is 4.79 Å². The van der Waals surface area contributed by atoms with Gasteiger partial charge >= 0.3 is 0 Å². The minimum atomic E-state index is -0.487. The van der Waals surface area contributed by atoms with Gasteiger partial charge in [-0.1, -0.05) is 23.4 Å². The summed E-state index contributed by atoms with van der Waals surface area (Å²) in [5.41, 5.74) is 1.67. The molecule has 0 spiro atoms. The molecule has 0 aliphatic carbocycles. The van der Waals surface area contributed by atoms with Crippen LogP contribution in [0.3, 0.4) is 0 Å². The van der Waals surface area contributed by atoms with Crippen LogP contribution in [0.1, 0.15) is 10.4 Å². The Hall–Kier alpha value is -2.49. The molecule has 0 unspecified atom stereocenters. The second-order valence-corrected chi connectivity index (χ2v) is 3.88. The van der Waals surface area contributed by atoms with Gasteiger partial charge < -0.3 is 4.52 Å². The Morgan fingerprint density at radius 2 is 2.00 bits per heavy atom. The van der Waals surface area contributed by atoms with Crippen molar-refractivity contribution in [3.05, 3.63) is 53.8 Å². The predicted molar refractivity (Wildman–Crippen MR) is 64.8 cm³/mol. The maximum atomic E-state index is 13.9. The number of hydrogen-bond acceptors (Lipinski definition) is 3. The minimum absolute atomic E-state index is 0.295. The second kappa shape index (κ2) is 4.07. The highest BCUT2D eigenvalue weighted by atomic mass is 19.1. The average molecular weight is 241 g/mol. The van der Waals surface area contributed by atoms with Crippen LogP contribution in [-0.4, -0.2) is 11.4 Å². The van der Waals surface area contributed by atoms with Crippen LogP contribution in [0.25, 0.3) is 22.2 Å². The first kappa shape index (κ1) is 10.7. The smallest absolute Gasteiger partial charge is 0.167 e. The Balaban J connectivity index is 2.23. The van der Waals surface area contributed by atoms with Gasteiger partial charge in [-0.25, -0.2) is 4.39 Å². The third kappa shape index (κ3) is 1.59. The Bertz CT molecular complexity index is 733. The molecule has 18 heavy (non-hydrogen) atoms. The highest BCUT2D eigenvalue weighted by molar-refractivity contribution is 5.92. The maximum Gasteiger partial charge on any atom is 0.167 e. The van der Waals surface area contributed by atoms with E-state index in [0.717, 1.165) is 5.39 Å². The van der Waals surface area contributed by atoms with Gasteiger partial charge in [0.1, 0.15) is 17.8 Å². The zero-order chi connectivity index (χ0) is 12.5. The third-order valence-corrected chi connectivity index (χ3v) is 2.76. The normalized spacial score (nSPS) is 10.7. The molecule has 0 N–H and O–H groups in total. The molecule has 1 aromatic heterocycles. The number of hydrogen-bond donors (Lipinski definition) is 0. The van der Waals surface area contributed by atoms with Crippen LogP contribution in [0.5, 0.6) is 0 Å². The van der Waals surface area contributed by atoms with Crippen molar-refractivity contribution in [2.24, 2.45) is 0 Å². The van der Waals surface area contributed by atoms with Gasteiger partial charge in [0.05, 0.1) is 0 Å². The number of para-hydroxylation sites is 1. The highest BCUT2D eigenvalue weighted by Crippen LogP contribution is 2.29. The van der Waals surface area contributed by atoms with E-state index in [4.69, 9.17) is 4.52 Å². The number of aldehydes is 1. The summed E-state index contributed by atoms with van der Waals surface area (Å²) in [5.74, 6) is -0.487. The van der Waals surface area contributed by atoms with Crippen molar-refractivity contribution in [2.75, 3.05) is 0 Å². The monoisotopic (exact) mass is 241 g/mol. The summed E-state index contributed by atoms with van der Waals surface area (Å²) in [6.07, 6.45) is 0.605. The SMILES string of the molecule is O=Cc1ccc(-c2noc3ccccc23)c(F)c1. The van der Waals surface area contributed by atoms with E-state index in [2.05, 4.69) is 5.16 Å². The summed E-state index contributed by atoms with van der Waals surface area (Å²) in [7, 11) is 0. The number of benzene rings is 2. The van der Waals surface area contributed by atoms with Gasteiger partial charge in [0.2, 0.25) is 0 Å². The second-order valence-electron chi connectivity index (χ2n) is 3.88. The molecule has 0 atom stereocenters. The number of carbonyl (C=O) groups excluding carboxylic acids is 1. The number of nitrogens with zero attached hydrogens (tertiary/aromatic N) is 1. The molecular formula is C14H8FNO2. The van der Waals surface area contributed by atoms with Gasteiger partial charge in [-0.2, -0.15) is 0 Å². The average Bonchev–Trinajstić information content (AvgIpc) is 2.82. The molecule has 2 aromatic carbocycles. The van der Waals surface area contributed by atoms with E-state index < -0.39 is 5.82 Å². The molecule has 0 radical (unpaired) electrons. The first-order chi connectivity index (χ1) is 8.79. The van der Waals surface area contributed by atoms with E-state index in [1.54, 1.807) is 12.1 Å². The van der Waals surface area contributed by atoms with Crippen molar-refractivity contribution in [3.63, 3.8) is 0 Å². The molecule has 88 valence electrons. The zero-order valence-electron chi connectivity index (χ0n) is 9.26. The van der Waals surface area contributed by atoms with Crippen LogP contribution in [0.4, 0.5) is 4.39 Å². The molecule has 0 aliphatic rings. The molecule has 0 amide bonds. The minimum Gasteiger partial charge on any atom is -0.356 e. The molecular weight excluding hydrogens is 233 g/mol. The lowest BCUT2D eigenvalue weighted by Crippen LogP contribution is -1.88. The summed E-state index contributed by atoms with van der Waals surface area (Å²) in [6, 6.07) is 11.5. The van der Waals surface area contributed by atoms with Gasteiger partial charge in [0.15, 0.2) is 5.58 Å². The Labute approximate surface area is 102 Å². The van der Waals surface area contributed by atoms with Crippen LogP contribution in [0.2, 0.25) is 0 Å². The van der Waals surface area contributed by atoms with Gasteiger partial charge in [-0.05, 0) is 24.3 Å². The third-order valence-electron chi connectivity index (χ3n) is 2.76. The van der Waals surface area contributed by atoms with E-state index in [1.807, 2.05) is 18.2 Å². The molecule has 0 saturated carbocycles. The van der Waals surface area contributed by atoms with E-state index in [1.165, 1.54) is 12.1 Å². The Morgan fingerprint density at radius 3 is 2.78 bits per heavy atom. The molecule has 3 rings (SSSR count). The van der Waals surface area contributed by atoms with Crippen molar-refractivity contribution in [1.29, 1.82) is 0 Å². The summed E-state index contributed by atoms with van der Waals surface area (Å²) >= 11 is 0. The number of aromatic nitrogens is 1. The van der Waals surface area contributed by atoms with E-state index >= 15 is 0 Å². The zero-order valence-corrected chi connectivity index (χ0v) is 9.26. The maximum absolute atomic E-state index is 13.9. The van der Waals surface area contributed by atoms with Crippen molar-refractivity contribution < 1.29 is 13.7 Å². The summed E-state index contributed by atoms with van der Waals surface area (Å²) in [4.78, 5) is 10.6. The fraction of sp³-hybridized carbons (Fsp3) is 0. The number of carbonyl (C=O) groups is 1. The van der Waals surface area contributed by atoms with Crippen molar-refractivity contribution in [2.45, 2.75) is 0 Å². The van der Waals surface area contributed by atoms with Gasteiger partial charge in [0, 0.05) is 16.5 Å². The summed E-state index contributed by atoms with van der Waals surface area (Å²) in [5, 5.41) is 4.62. The van der Waals surface area contributed by atoms with E-state index in [-0.39, 0.29) is 0 Å². The van der Waals surface area contributed by atoms with Crippen LogP contribution < -0.4 is 0 Å². The lowest BCUT2D eigenvalue weighted by atomic mass is 10.1. The molecule has 3 nitrogen and oxygen atoms in total. The number of halogens is 1. The van der Waals surface area contributed by atoms with E-state index in [0.29, 0.717) is 28.7 Å². The topological polar surface area (TPSA) is 43.1 Å². The predicted octanol–water partition coefficient (Wildman–Crippen LogP) is 3.45. The molecule has 3 aromatic rings. The van der Waals surface area contributed by atoms with Gasteiger partial charge in [-0.15, -0.1) is 0 Å². The molecule has 0 aliphatic heterocycles. The van der Waals surface area contributed by atoms with Crippen molar-refractivity contribution >= 4 is 17.3 Å². The number of fused-ring (bicyclic) bond motifs is 1. The Morgan fingerprint density at radius 1 is 1.17 bits per heavy atom.